The maximum atomic E-state index is 5.18. The molecule has 10 rings (SSSR count). The molecule has 0 radical (unpaired) electrons. The molecule has 0 unspecified atom stereocenters. The zero-order valence-corrected chi connectivity index (χ0v) is 29.4. The molecule has 252 valence electrons. The smallest absolute Gasteiger partial charge is 0.160 e. The van der Waals surface area contributed by atoms with Gasteiger partial charge in [0.2, 0.25) is 0 Å². The fourth-order valence-electron chi connectivity index (χ4n) is 7.53. The van der Waals surface area contributed by atoms with Crippen LogP contribution in [0.25, 0.3) is 99.6 Å². The molecule has 3 heteroatoms. The van der Waals surface area contributed by atoms with Gasteiger partial charge in [0, 0.05) is 29.1 Å². The first-order valence-electron chi connectivity index (χ1n) is 18.2. The number of pyridine rings is 1. The van der Waals surface area contributed by atoms with E-state index in [0.717, 1.165) is 44.8 Å². The summed E-state index contributed by atoms with van der Waals surface area (Å²) < 4.78 is 0. The van der Waals surface area contributed by atoms with Crippen LogP contribution in [0.2, 0.25) is 0 Å². The van der Waals surface area contributed by atoms with E-state index in [2.05, 4.69) is 187 Å². The molecule has 0 N–H and O–H groups in total. The SMILES string of the molecule is c1cncc(-c2ccc(-c3cc(-c4ccc(-c5cc6ccccc6c6ccccc56)cc4)nc(-c4ccc(-c5ccc6ccccc6c5)cc4)n3)cc2)c1. The molecule has 0 aliphatic carbocycles. The monoisotopic (exact) mass is 687 g/mol. The summed E-state index contributed by atoms with van der Waals surface area (Å²) >= 11 is 0. The van der Waals surface area contributed by atoms with Crippen LogP contribution in [0.5, 0.6) is 0 Å². The maximum absolute atomic E-state index is 5.18. The van der Waals surface area contributed by atoms with Gasteiger partial charge in [-0.15, -0.1) is 0 Å². The van der Waals surface area contributed by atoms with Crippen molar-refractivity contribution in [3.8, 4) is 67.3 Å². The first-order chi connectivity index (χ1) is 26.7. The third-order valence-corrected chi connectivity index (χ3v) is 10.4. The molecule has 8 aromatic carbocycles. The molecule has 0 saturated heterocycles. The van der Waals surface area contributed by atoms with Gasteiger partial charge in [0.25, 0.3) is 0 Å². The zero-order chi connectivity index (χ0) is 35.8. The van der Waals surface area contributed by atoms with Gasteiger partial charge in [0.1, 0.15) is 0 Å². The van der Waals surface area contributed by atoms with E-state index in [1.54, 1.807) is 6.20 Å². The van der Waals surface area contributed by atoms with Crippen LogP contribution in [0.15, 0.2) is 200 Å². The summed E-state index contributed by atoms with van der Waals surface area (Å²) in [5.74, 6) is 0.688. The van der Waals surface area contributed by atoms with E-state index < -0.39 is 0 Å². The molecule has 3 nitrogen and oxygen atoms in total. The van der Waals surface area contributed by atoms with Crippen molar-refractivity contribution in [3.05, 3.63) is 200 Å². The molecular weight excluding hydrogens is 655 g/mol. The molecule has 0 bridgehead atoms. The van der Waals surface area contributed by atoms with E-state index in [4.69, 9.17) is 9.97 Å². The molecule has 2 aromatic heterocycles. The number of nitrogens with zero attached hydrogens (tertiary/aromatic N) is 3. The van der Waals surface area contributed by atoms with Crippen molar-refractivity contribution < 1.29 is 0 Å². The van der Waals surface area contributed by atoms with E-state index in [1.165, 1.54) is 49.0 Å². The molecule has 0 fully saturated rings. The molecule has 0 amide bonds. The molecule has 10 aromatic rings. The van der Waals surface area contributed by atoms with Gasteiger partial charge in [-0.2, -0.15) is 0 Å². The number of hydrogen-bond acceptors (Lipinski definition) is 3. The number of benzene rings is 8. The van der Waals surface area contributed by atoms with E-state index in [0.29, 0.717) is 5.82 Å². The topological polar surface area (TPSA) is 38.7 Å². The first kappa shape index (κ1) is 31.5. The number of rotatable bonds is 6. The lowest BCUT2D eigenvalue weighted by molar-refractivity contribution is 1.18. The summed E-state index contributed by atoms with van der Waals surface area (Å²) in [6.07, 6.45) is 3.69. The minimum absolute atomic E-state index is 0.688. The van der Waals surface area contributed by atoms with Crippen molar-refractivity contribution in [1.29, 1.82) is 0 Å². The second-order valence-electron chi connectivity index (χ2n) is 13.7. The molecule has 0 spiro atoms. The van der Waals surface area contributed by atoms with Gasteiger partial charge in [0.05, 0.1) is 11.4 Å². The molecule has 0 aliphatic heterocycles. The Bertz CT molecular complexity index is 2950. The van der Waals surface area contributed by atoms with E-state index >= 15 is 0 Å². The van der Waals surface area contributed by atoms with Gasteiger partial charge < -0.3 is 0 Å². The Hall–Kier alpha value is -7.23. The van der Waals surface area contributed by atoms with Gasteiger partial charge in [-0.25, -0.2) is 9.97 Å². The molecule has 0 aliphatic rings. The summed E-state index contributed by atoms with van der Waals surface area (Å²) in [5.41, 5.74) is 11.7. The van der Waals surface area contributed by atoms with Crippen LogP contribution < -0.4 is 0 Å². The van der Waals surface area contributed by atoms with E-state index in [1.807, 2.05) is 12.3 Å². The minimum atomic E-state index is 0.688. The fourth-order valence-corrected chi connectivity index (χ4v) is 7.53. The molecular formula is C51H33N3. The van der Waals surface area contributed by atoms with Gasteiger partial charge >= 0.3 is 0 Å². The normalized spacial score (nSPS) is 11.3. The number of aromatic nitrogens is 3. The third kappa shape index (κ3) is 5.88. The number of fused-ring (bicyclic) bond motifs is 4. The average Bonchev–Trinajstić information content (AvgIpc) is 3.26. The summed E-state index contributed by atoms with van der Waals surface area (Å²) in [5, 5.41) is 7.49. The van der Waals surface area contributed by atoms with Crippen LogP contribution in [-0.2, 0) is 0 Å². The molecule has 54 heavy (non-hydrogen) atoms. The van der Waals surface area contributed by atoms with Gasteiger partial charge in [-0.05, 0) is 90.0 Å². The lowest BCUT2D eigenvalue weighted by Gasteiger charge is -2.13. The highest BCUT2D eigenvalue weighted by atomic mass is 14.9. The predicted octanol–water partition coefficient (Wildman–Crippen LogP) is 13.3. The highest BCUT2D eigenvalue weighted by Gasteiger charge is 2.14. The average molecular weight is 688 g/mol. The Kier molecular flexibility index (Phi) is 7.81. The van der Waals surface area contributed by atoms with Crippen molar-refractivity contribution >= 4 is 32.3 Å². The molecule has 2 heterocycles. The summed E-state index contributed by atoms with van der Waals surface area (Å²) in [4.78, 5) is 14.6. The fraction of sp³-hybridized carbons (Fsp3) is 0. The second kappa shape index (κ2) is 13.4. The van der Waals surface area contributed by atoms with E-state index in [-0.39, 0.29) is 0 Å². The Morgan fingerprint density at radius 2 is 0.833 bits per heavy atom. The van der Waals surface area contributed by atoms with Crippen LogP contribution in [0, 0.1) is 0 Å². The zero-order valence-electron chi connectivity index (χ0n) is 29.4. The molecule has 0 atom stereocenters. The van der Waals surface area contributed by atoms with Crippen LogP contribution in [0.1, 0.15) is 0 Å². The second-order valence-corrected chi connectivity index (χ2v) is 13.7. The molecule has 0 saturated carbocycles. The van der Waals surface area contributed by atoms with Gasteiger partial charge in [0.15, 0.2) is 5.82 Å². The van der Waals surface area contributed by atoms with Crippen molar-refractivity contribution in [1.82, 2.24) is 15.0 Å². The quantitative estimate of drug-likeness (QED) is 0.163. The first-order valence-corrected chi connectivity index (χ1v) is 18.2. The lowest BCUT2D eigenvalue weighted by Crippen LogP contribution is -1.96. The summed E-state index contributed by atoms with van der Waals surface area (Å²) in [7, 11) is 0. The van der Waals surface area contributed by atoms with Crippen molar-refractivity contribution in [2.75, 3.05) is 0 Å². The summed E-state index contributed by atoms with van der Waals surface area (Å²) in [6, 6.07) is 66.8. The predicted molar refractivity (Wildman–Crippen MR) is 225 cm³/mol. The van der Waals surface area contributed by atoms with Crippen LogP contribution in [0.3, 0.4) is 0 Å². The van der Waals surface area contributed by atoms with Crippen LogP contribution in [-0.4, -0.2) is 15.0 Å². The number of hydrogen-bond donors (Lipinski definition) is 0. The summed E-state index contributed by atoms with van der Waals surface area (Å²) in [6.45, 7) is 0. The Balaban J connectivity index is 1.05. The van der Waals surface area contributed by atoms with Crippen molar-refractivity contribution in [3.63, 3.8) is 0 Å². The maximum Gasteiger partial charge on any atom is 0.160 e. The van der Waals surface area contributed by atoms with Crippen LogP contribution >= 0.6 is 0 Å². The Morgan fingerprint density at radius 3 is 1.52 bits per heavy atom. The Labute approximate surface area is 313 Å². The largest absolute Gasteiger partial charge is 0.264 e. The minimum Gasteiger partial charge on any atom is -0.264 e. The van der Waals surface area contributed by atoms with E-state index in [9.17, 15) is 0 Å². The lowest BCUT2D eigenvalue weighted by atomic mass is 9.93. The van der Waals surface area contributed by atoms with Crippen molar-refractivity contribution in [2.45, 2.75) is 0 Å². The highest BCUT2D eigenvalue weighted by molar-refractivity contribution is 6.13. The highest BCUT2D eigenvalue weighted by Crippen LogP contribution is 2.37. The standard InChI is InChI=1S/C51H33N3/c1-2-9-41-30-42(28-19-34(41)8-1)35-17-26-40(27-18-35)51-53-49(38-22-15-36(16-23-38)44-11-7-29-52-33-44)32-50(54-51)39-24-20-37(21-25-39)48-31-43-10-3-4-12-45(43)46-13-5-6-14-47(46)48/h1-33H. The van der Waals surface area contributed by atoms with Gasteiger partial charge in [-0.3, -0.25) is 4.98 Å². The Morgan fingerprint density at radius 1 is 0.296 bits per heavy atom. The van der Waals surface area contributed by atoms with Crippen molar-refractivity contribution in [2.24, 2.45) is 0 Å². The van der Waals surface area contributed by atoms with Crippen LogP contribution in [0.4, 0.5) is 0 Å². The van der Waals surface area contributed by atoms with Gasteiger partial charge in [-0.1, -0.05) is 164 Å². The third-order valence-electron chi connectivity index (χ3n) is 10.4.